The van der Waals surface area contributed by atoms with E-state index in [1.54, 1.807) is 0 Å². The molecule has 2 rings (SSSR count). The lowest BCUT2D eigenvalue weighted by atomic mass is 10.0. The Morgan fingerprint density at radius 1 is 0.595 bits per heavy atom. The van der Waals surface area contributed by atoms with Crippen molar-refractivity contribution in [3.05, 3.63) is 56.0 Å². The maximum Gasteiger partial charge on any atom is 0.202 e. The maximum absolute atomic E-state index is 12.6. The second-order valence-corrected chi connectivity index (χ2v) is 12.7. The Morgan fingerprint density at radius 3 is 1.41 bits per heavy atom. The molecule has 0 radical (unpaired) electrons. The van der Waals surface area contributed by atoms with Crippen LogP contribution in [0.3, 0.4) is 0 Å². The van der Waals surface area contributed by atoms with Crippen molar-refractivity contribution < 1.29 is 9.48 Å². The van der Waals surface area contributed by atoms with Gasteiger partial charge in [-0.25, -0.2) is 19.4 Å². The monoisotopic (exact) mass is 511 g/mol. The fraction of sp³-hybridized carbons (Fsp3) is 0.643. The summed E-state index contributed by atoms with van der Waals surface area (Å²) < 4.78 is 1.84. The summed E-state index contributed by atoms with van der Waals surface area (Å²) in [6.07, 6.45) is 3.04. The van der Waals surface area contributed by atoms with E-state index in [1.165, 1.54) is 12.4 Å². The van der Waals surface area contributed by atoms with Crippen LogP contribution in [-0.2, 0) is 13.1 Å². The summed E-state index contributed by atoms with van der Waals surface area (Å²) >= 11 is 0. The van der Waals surface area contributed by atoms with E-state index in [2.05, 4.69) is 30.7 Å². The molecule has 9 heteroatoms. The first-order chi connectivity index (χ1) is 16.7. The highest BCUT2D eigenvalue weighted by Crippen LogP contribution is 2.22. The van der Waals surface area contributed by atoms with Crippen LogP contribution in [0.2, 0.25) is 0 Å². The smallest absolute Gasteiger partial charge is 0.202 e. The summed E-state index contributed by atoms with van der Waals surface area (Å²) in [4.78, 5) is 21.4. The number of hydroxylamine groups is 2. The molecule has 0 spiro atoms. The second kappa shape index (κ2) is 10.8. The van der Waals surface area contributed by atoms with Gasteiger partial charge in [0.15, 0.2) is 11.1 Å². The standard InChI is InChI=1S/C28H45N7O2/c1-18-23(32-25(19(2)29-18)17-35(37)28(11,12)13)15-33(26(5,6)7)14-22-20(3)31-24(21(4)30-22)16-34(36)27(8,9)10/h16-17H,14-15H2,1-13H3/b34-16-,35-17+. The lowest BCUT2D eigenvalue weighted by Gasteiger charge is -2.35. The molecule has 0 aliphatic heterocycles. The third kappa shape index (κ3) is 8.02. The van der Waals surface area contributed by atoms with Gasteiger partial charge < -0.3 is 10.4 Å². The van der Waals surface area contributed by atoms with Gasteiger partial charge in [-0.15, -0.1) is 0 Å². The minimum Gasteiger partial charge on any atom is -0.623 e. The number of aromatic nitrogens is 4. The van der Waals surface area contributed by atoms with Gasteiger partial charge in [-0.1, -0.05) is 0 Å². The molecule has 2 heterocycles. The average molecular weight is 512 g/mol. The average Bonchev–Trinajstić information content (AvgIpc) is 2.71. The van der Waals surface area contributed by atoms with Crippen LogP contribution in [0.25, 0.3) is 0 Å². The molecular weight excluding hydrogens is 466 g/mol. The fourth-order valence-electron chi connectivity index (χ4n) is 3.39. The molecule has 37 heavy (non-hydrogen) atoms. The lowest BCUT2D eigenvalue weighted by molar-refractivity contribution is -0.531. The van der Waals surface area contributed by atoms with Crippen molar-refractivity contribution in [3.8, 4) is 0 Å². The van der Waals surface area contributed by atoms with Gasteiger partial charge in [0.2, 0.25) is 12.4 Å². The summed E-state index contributed by atoms with van der Waals surface area (Å²) in [5.41, 5.74) is 4.54. The summed E-state index contributed by atoms with van der Waals surface area (Å²) in [7, 11) is 0. The van der Waals surface area contributed by atoms with Gasteiger partial charge >= 0.3 is 0 Å². The minimum absolute atomic E-state index is 0.205. The van der Waals surface area contributed by atoms with Crippen LogP contribution in [0.1, 0.15) is 108 Å². The van der Waals surface area contributed by atoms with E-state index in [-0.39, 0.29) is 5.54 Å². The molecule has 0 fully saturated rings. The topological polar surface area (TPSA) is 107 Å². The third-order valence-electron chi connectivity index (χ3n) is 6.19. The quantitative estimate of drug-likeness (QED) is 0.238. The van der Waals surface area contributed by atoms with Gasteiger partial charge in [0.25, 0.3) is 0 Å². The zero-order chi connectivity index (χ0) is 28.5. The molecule has 0 saturated carbocycles. The first kappa shape index (κ1) is 30.3. The molecule has 0 saturated heterocycles. The number of nitrogens with zero attached hydrogens (tertiary/aromatic N) is 7. The zero-order valence-electron chi connectivity index (χ0n) is 25.0. The van der Waals surface area contributed by atoms with E-state index in [1.807, 2.05) is 69.2 Å². The second-order valence-electron chi connectivity index (χ2n) is 12.7. The molecule has 0 aliphatic rings. The molecule has 0 N–H and O–H groups in total. The van der Waals surface area contributed by atoms with Crippen molar-refractivity contribution in [2.75, 3.05) is 0 Å². The number of rotatable bonds is 6. The first-order valence-electron chi connectivity index (χ1n) is 12.8. The SMILES string of the molecule is Cc1nc(CN(Cc2nc(/C=[N+](/[O-])C(C)(C)C)c(C)nc2C)C(C)(C)C)c(C)nc1/C=[N+](\[O-])C(C)(C)C. The molecule has 0 aliphatic carbocycles. The highest BCUT2D eigenvalue weighted by Gasteiger charge is 2.26. The van der Waals surface area contributed by atoms with Crippen LogP contribution in [0, 0.1) is 38.1 Å². The van der Waals surface area contributed by atoms with Gasteiger partial charge in [-0.2, -0.15) is 0 Å². The Kier molecular flexibility index (Phi) is 8.85. The Labute approximate surface area is 222 Å². The molecule has 204 valence electrons. The molecular formula is C28H45N7O2. The van der Waals surface area contributed by atoms with E-state index >= 15 is 0 Å². The highest BCUT2D eigenvalue weighted by atomic mass is 16.5. The normalized spacial score (nSPS) is 14.0. The Hall–Kier alpha value is -2.94. The summed E-state index contributed by atoms with van der Waals surface area (Å²) in [5.74, 6) is 0. The predicted octanol–water partition coefficient (Wildman–Crippen LogP) is 4.76. The molecule has 0 aromatic carbocycles. The highest BCUT2D eigenvalue weighted by molar-refractivity contribution is 5.75. The van der Waals surface area contributed by atoms with Crippen LogP contribution >= 0.6 is 0 Å². The third-order valence-corrected chi connectivity index (χ3v) is 6.19. The lowest BCUT2D eigenvalue weighted by Crippen LogP contribution is -2.41. The van der Waals surface area contributed by atoms with E-state index < -0.39 is 11.1 Å². The van der Waals surface area contributed by atoms with Crippen LogP contribution < -0.4 is 0 Å². The first-order valence-corrected chi connectivity index (χ1v) is 12.8. The van der Waals surface area contributed by atoms with Crippen molar-refractivity contribution in [2.24, 2.45) is 0 Å². The molecule has 0 bridgehead atoms. The molecule has 9 nitrogen and oxygen atoms in total. The predicted molar refractivity (Wildman–Crippen MR) is 149 cm³/mol. The molecule has 2 aromatic heterocycles. The Morgan fingerprint density at radius 2 is 0.973 bits per heavy atom. The number of hydrogen-bond donors (Lipinski definition) is 0. The van der Waals surface area contributed by atoms with Gasteiger partial charge in [-0.05, 0) is 48.5 Å². The largest absolute Gasteiger partial charge is 0.623 e. The molecule has 0 atom stereocenters. The van der Waals surface area contributed by atoms with E-state index in [0.717, 1.165) is 37.9 Å². The number of aryl methyl sites for hydroxylation is 4. The molecule has 0 amide bonds. The van der Waals surface area contributed by atoms with Crippen LogP contribution in [0.15, 0.2) is 0 Å². The Bertz CT molecular complexity index is 1200. The maximum atomic E-state index is 12.6. The summed E-state index contributed by atoms with van der Waals surface area (Å²) in [5, 5.41) is 25.0. The van der Waals surface area contributed by atoms with Crippen molar-refractivity contribution in [1.29, 1.82) is 0 Å². The van der Waals surface area contributed by atoms with E-state index in [0.29, 0.717) is 30.2 Å². The van der Waals surface area contributed by atoms with E-state index in [4.69, 9.17) is 15.0 Å². The van der Waals surface area contributed by atoms with Gasteiger partial charge in [-0.3, -0.25) is 14.9 Å². The van der Waals surface area contributed by atoms with Crippen LogP contribution in [0.4, 0.5) is 0 Å². The van der Waals surface area contributed by atoms with Crippen LogP contribution in [-0.4, -0.2) is 63.4 Å². The van der Waals surface area contributed by atoms with Gasteiger partial charge in [0.1, 0.15) is 11.4 Å². The minimum atomic E-state index is -0.565. The van der Waals surface area contributed by atoms with E-state index in [9.17, 15) is 10.4 Å². The fourth-order valence-corrected chi connectivity index (χ4v) is 3.39. The zero-order valence-corrected chi connectivity index (χ0v) is 25.0. The van der Waals surface area contributed by atoms with Crippen molar-refractivity contribution >= 4 is 12.4 Å². The number of hydrogen-bond acceptors (Lipinski definition) is 7. The van der Waals surface area contributed by atoms with Crippen molar-refractivity contribution in [3.63, 3.8) is 0 Å². The summed E-state index contributed by atoms with van der Waals surface area (Å²) in [6, 6.07) is 0. The Balaban J connectivity index is 2.46. The molecule has 2 aromatic rings. The van der Waals surface area contributed by atoms with Crippen molar-refractivity contribution in [2.45, 2.75) is 120 Å². The molecule has 0 unspecified atom stereocenters. The van der Waals surface area contributed by atoms with Gasteiger partial charge in [0.05, 0.1) is 34.2 Å². The van der Waals surface area contributed by atoms with Crippen molar-refractivity contribution in [1.82, 2.24) is 24.8 Å². The van der Waals surface area contributed by atoms with Gasteiger partial charge in [0, 0.05) is 60.2 Å². The summed E-state index contributed by atoms with van der Waals surface area (Å²) in [6.45, 7) is 26.3. The van der Waals surface area contributed by atoms with Crippen LogP contribution in [0.5, 0.6) is 0 Å².